The molecule has 0 saturated heterocycles. The predicted molar refractivity (Wildman–Crippen MR) is 66.7 cm³/mol. The minimum absolute atomic E-state index is 0.0568. The zero-order chi connectivity index (χ0) is 12.6. The van der Waals surface area contributed by atoms with Gasteiger partial charge in [0.25, 0.3) is 0 Å². The standard InChI is InChI=1S/C11H7Cl2F2NS/c12-9-4-7(11(13)17-9)10(16)6-3-5(14)1-2-8(6)15/h1-4,10H,16H2. The minimum Gasteiger partial charge on any atom is -0.320 e. The number of halogens is 4. The SMILES string of the molecule is NC(c1cc(F)ccc1F)c1cc(Cl)sc1Cl. The number of hydrogen-bond acceptors (Lipinski definition) is 2. The lowest BCUT2D eigenvalue weighted by Gasteiger charge is -2.12. The van der Waals surface area contributed by atoms with Gasteiger partial charge in [0, 0.05) is 11.1 Å². The van der Waals surface area contributed by atoms with Crippen LogP contribution in [-0.4, -0.2) is 0 Å². The van der Waals surface area contributed by atoms with E-state index in [4.69, 9.17) is 28.9 Å². The van der Waals surface area contributed by atoms with Crippen molar-refractivity contribution in [2.75, 3.05) is 0 Å². The van der Waals surface area contributed by atoms with E-state index in [1.54, 1.807) is 6.07 Å². The lowest BCUT2D eigenvalue weighted by molar-refractivity contribution is 0.577. The number of hydrogen-bond donors (Lipinski definition) is 1. The summed E-state index contributed by atoms with van der Waals surface area (Å²) in [5.74, 6) is -1.12. The lowest BCUT2D eigenvalue weighted by atomic mass is 10.0. The molecule has 0 spiro atoms. The largest absolute Gasteiger partial charge is 0.320 e. The quantitative estimate of drug-likeness (QED) is 0.874. The van der Waals surface area contributed by atoms with Crippen LogP contribution in [0.4, 0.5) is 8.78 Å². The minimum atomic E-state index is -0.832. The molecule has 0 saturated carbocycles. The second-order valence-electron chi connectivity index (χ2n) is 3.42. The molecule has 0 radical (unpaired) electrons. The average Bonchev–Trinajstić information content (AvgIpc) is 2.60. The van der Waals surface area contributed by atoms with Crippen LogP contribution in [0.2, 0.25) is 8.67 Å². The Hall–Kier alpha value is -0.680. The maximum atomic E-state index is 13.5. The molecule has 1 unspecified atom stereocenters. The van der Waals surface area contributed by atoms with Crippen molar-refractivity contribution in [3.8, 4) is 0 Å². The Labute approximate surface area is 111 Å². The molecule has 0 aliphatic carbocycles. The summed E-state index contributed by atoms with van der Waals surface area (Å²) in [6, 6.07) is 3.85. The molecule has 2 N–H and O–H groups in total. The molecule has 2 rings (SSSR count). The molecular formula is C11H7Cl2F2NS. The molecule has 1 atom stereocenters. The molecule has 0 fully saturated rings. The van der Waals surface area contributed by atoms with E-state index in [9.17, 15) is 8.78 Å². The van der Waals surface area contributed by atoms with Gasteiger partial charge in [-0.1, -0.05) is 23.2 Å². The summed E-state index contributed by atoms with van der Waals surface area (Å²) in [7, 11) is 0. The van der Waals surface area contributed by atoms with Crippen LogP contribution < -0.4 is 5.73 Å². The Balaban J connectivity index is 2.46. The van der Waals surface area contributed by atoms with Crippen LogP contribution in [0.3, 0.4) is 0 Å². The Kier molecular flexibility index (Phi) is 3.68. The smallest absolute Gasteiger partial charge is 0.128 e. The first kappa shape index (κ1) is 12.8. The van der Waals surface area contributed by atoms with Gasteiger partial charge in [-0.05, 0) is 24.3 Å². The molecule has 6 heteroatoms. The van der Waals surface area contributed by atoms with Crippen molar-refractivity contribution in [3.05, 3.63) is 55.7 Å². The fourth-order valence-corrected chi connectivity index (χ4v) is 3.04. The van der Waals surface area contributed by atoms with Crippen LogP contribution in [0.15, 0.2) is 24.3 Å². The van der Waals surface area contributed by atoms with Gasteiger partial charge in [-0.2, -0.15) is 0 Å². The van der Waals surface area contributed by atoms with Crippen LogP contribution in [-0.2, 0) is 0 Å². The molecule has 0 bridgehead atoms. The van der Waals surface area contributed by atoms with Gasteiger partial charge in [-0.3, -0.25) is 0 Å². The molecule has 1 heterocycles. The fourth-order valence-electron chi connectivity index (χ4n) is 1.49. The summed E-state index contributed by atoms with van der Waals surface area (Å²) in [5, 5.41) is 0. The lowest BCUT2D eigenvalue weighted by Crippen LogP contribution is -2.13. The second-order valence-corrected chi connectivity index (χ2v) is 5.71. The zero-order valence-electron chi connectivity index (χ0n) is 8.38. The van der Waals surface area contributed by atoms with Crippen LogP contribution in [0.5, 0.6) is 0 Å². The average molecular weight is 294 g/mol. The molecule has 0 aliphatic rings. The van der Waals surface area contributed by atoms with Crippen molar-refractivity contribution in [3.63, 3.8) is 0 Å². The third-order valence-electron chi connectivity index (χ3n) is 2.31. The molecule has 2 aromatic rings. The first-order chi connectivity index (χ1) is 7.99. The fraction of sp³-hybridized carbons (Fsp3) is 0.0909. The normalized spacial score (nSPS) is 12.8. The second kappa shape index (κ2) is 4.90. The highest BCUT2D eigenvalue weighted by molar-refractivity contribution is 7.20. The molecule has 0 aliphatic heterocycles. The first-order valence-electron chi connectivity index (χ1n) is 4.64. The zero-order valence-corrected chi connectivity index (χ0v) is 10.7. The Morgan fingerprint density at radius 2 is 1.82 bits per heavy atom. The van der Waals surface area contributed by atoms with E-state index in [-0.39, 0.29) is 5.56 Å². The van der Waals surface area contributed by atoms with Crippen molar-refractivity contribution in [1.82, 2.24) is 0 Å². The van der Waals surface area contributed by atoms with Gasteiger partial charge in [0.1, 0.15) is 11.6 Å². The Morgan fingerprint density at radius 3 is 2.41 bits per heavy atom. The van der Waals surface area contributed by atoms with Gasteiger partial charge in [-0.25, -0.2) is 8.78 Å². The first-order valence-corrected chi connectivity index (χ1v) is 6.21. The third-order valence-corrected chi connectivity index (χ3v) is 3.83. The maximum Gasteiger partial charge on any atom is 0.128 e. The van der Waals surface area contributed by atoms with Crippen LogP contribution in [0, 0.1) is 11.6 Å². The van der Waals surface area contributed by atoms with Gasteiger partial charge < -0.3 is 5.73 Å². The maximum absolute atomic E-state index is 13.5. The van der Waals surface area contributed by atoms with Gasteiger partial charge >= 0.3 is 0 Å². The van der Waals surface area contributed by atoms with E-state index >= 15 is 0 Å². The Bertz CT molecular complexity index is 556. The van der Waals surface area contributed by atoms with Gasteiger partial charge in [-0.15, -0.1) is 11.3 Å². The molecule has 0 amide bonds. The predicted octanol–water partition coefficient (Wildman–Crippen LogP) is 4.38. The van der Waals surface area contributed by atoms with Gasteiger partial charge in [0.15, 0.2) is 0 Å². The number of thiophene rings is 1. The van der Waals surface area contributed by atoms with E-state index < -0.39 is 17.7 Å². The van der Waals surface area contributed by atoms with Crippen LogP contribution >= 0.6 is 34.5 Å². The molecule has 1 aromatic carbocycles. The molecular weight excluding hydrogens is 287 g/mol. The number of benzene rings is 1. The van der Waals surface area contributed by atoms with E-state index in [2.05, 4.69) is 0 Å². The van der Waals surface area contributed by atoms with Crippen molar-refractivity contribution >= 4 is 34.5 Å². The van der Waals surface area contributed by atoms with Crippen LogP contribution in [0.25, 0.3) is 0 Å². The van der Waals surface area contributed by atoms with Crippen molar-refractivity contribution in [2.24, 2.45) is 5.73 Å². The topological polar surface area (TPSA) is 26.0 Å². The number of rotatable bonds is 2. The summed E-state index contributed by atoms with van der Waals surface area (Å²) in [4.78, 5) is 0. The summed E-state index contributed by atoms with van der Waals surface area (Å²) < 4.78 is 27.4. The van der Waals surface area contributed by atoms with E-state index in [0.29, 0.717) is 14.2 Å². The molecule has 90 valence electrons. The van der Waals surface area contributed by atoms with Gasteiger partial charge in [0.05, 0.1) is 14.7 Å². The third kappa shape index (κ3) is 2.60. The molecule has 17 heavy (non-hydrogen) atoms. The summed E-state index contributed by atoms with van der Waals surface area (Å²) in [6.45, 7) is 0. The van der Waals surface area contributed by atoms with Crippen LogP contribution in [0.1, 0.15) is 17.2 Å². The highest BCUT2D eigenvalue weighted by Crippen LogP contribution is 2.37. The molecule has 1 aromatic heterocycles. The van der Waals surface area contributed by atoms with Gasteiger partial charge in [0.2, 0.25) is 0 Å². The monoisotopic (exact) mass is 293 g/mol. The van der Waals surface area contributed by atoms with Crippen molar-refractivity contribution in [1.29, 1.82) is 0 Å². The van der Waals surface area contributed by atoms with Crippen molar-refractivity contribution < 1.29 is 8.78 Å². The summed E-state index contributed by atoms with van der Waals surface area (Å²) in [5.41, 5.74) is 6.41. The van der Waals surface area contributed by atoms with E-state index in [1.807, 2.05) is 0 Å². The molecule has 1 nitrogen and oxygen atoms in total. The highest BCUT2D eigenvalue weighted by atomic mass is 35.5. The van der Waals surface area contributed by atoms with E-state index in [1.165, 1.54) is 0 Å². The Morgan fingerprint density at radius 1 is 1.12 bits per heavy atom. The number of nitrogens with two attached hydrogens (primary N) is 1. The highest BCUT2D eigenvalue weighted by Gasteiger charge is 2.19. The summed E-state index contributed by atoms with van der Waals surface area (Å²) in [6.07, 6.45) is 0. The summed E-state index contributed by atoms with van der Waals surface area (Å²) >= 11 is 12.8. The van der Waals surface area contributed by atoms with E-state index in [0.717, 1.165) is 29.5 Å². The van der Waals surface area contributed by atoms with Crippen molar-refractivity contribution in [2.45, 2.75) is 6.04 Å².